The standard InChI is InChI=1S/C16H12N2O3/c1-21-16-8-2-12(3-9-16)10-14(11-17)13-4-6-15(7-5-13)18(19)20/h2-10H,1H3/b14-10-. The van der Waals surface area contributed by atoms with Crippen molar-refractivity contribution in [2.75, 3.05) is 7.11 Å². The molecule has 0 aromatic heterocycles. The molecule has 0 amide bonds. The Morgan fingerprint density at radius 1 is 1.19 bits per heavy atom. The molecule has 0 aliphatic rings. The molecule has 0 radical (unpaired) electrons. The lowest BCUT2D eigenvalue weighted by Gasteiger charge is -2.02. The number of nitro groups is 1. The second-order valence-corrected chi connectivity index (χ2v) is 4.25. The number of non-ortho nitro benzene ring substituents is 1. The van der Waals surface area contributed by atoms with E-state index in [1.54, 1.807) is 37.5 Å². The maximum Gasteiger partial charge on any atom is 0.269 e. The van der Waals surface area contributed by atoms with Gasteiger partial charge in [0.15, 0.2) is 0 Å². The van der Waals surface area contributed by atoms with Gasteiger partial charge in [-0.2, -0.15) is 5.26 Å². The number of hydrogen-bond acceptors (Lipinski definition) is 4. The molecule has 0 saturated heterocycles. The third-order valence-electron chi connectivity index (χ3n) is 2.94. The van der Waals surface area contributed by atoms with E-state index < -0.39 is 4.92 Å². The number of ether oxygens (including phenoxy) is 1. The lowest BCUT2D eigenvalue weighted by molar-refractivity contribution is -0.384. The lowest BCUT2D eigenvalue weighted by atomic mass is 10.0. The Morgan fingerprint density at radius 2 is 1.81 bits per heavy atom. The molecule has 0 saturated carbocycles. The van der Waals surface area contributed by atoms with E-state index in [2.05, 4.69) is 6.07 Å². The van der Waals surface area contributed by atoms with E-state index in [1.807, 2.05) is 12.1 Å². The van der Waals surface area contributed by atoms with Gasteiger partial charge in [0.25, 0.3) is 5.69 Å². The molecule has 21 heavy (non-hydrogen) atoms. The van der Waals surface area contributed by atoms with Crippen molar-refractivity contribution in [3.63, 3.8) is 0 Å². The second kappa shape index (κ2) is 6.35. The van der Waals surface area contributed by atoms with Gasteiger partial charge in [0, 0.05) is 12.1 Å². The molecule has 2 rings (SSSR count). The Bertz CT molecular complexity index is 711. The summed E-state index contributed by atoms with van der Waals surface area (Å²) in [5.41, 5.74) is 1.93. The smallest absolute Gasteiger partial charge is 0.269 e. The highest BCUT2D eigenvalue weighted by Crippen LogP contribution is 2.21. The number of nitrogens with zero attached hydrogens (tertiary/aromatic N) is 2. The number of methoxy groups -OCH3 is 1. The first-order valence-electron chi connectivity index (χ1n) is 6.14. The van der Waals surface area contributed by atoms with Crippen LogP contribution in [0.25, 0.3) is 11.6 Å². The van der Waals surface area contributed by atoms with Crippen molar-refractivity contribution in [1.82, 2.24) is 0 Å². The van der Waals surface area contributed by atoms with Crippen molar-refractivity contribution in [1.29, 1.82) is 5.26 Å². The molecule has 0 N–H and O–H groups in total. The zero-order valence-electron chi connectivity index (χ0n) is 11.3. The number of benzene rings is 2. The van der Waals surface area contributed by atoms with Gasteiger partial charge in [-0.15, -0.1) is 0 Å². The zero-order valence-corrected chi connectivity index (χ0v) is 11.3. The maximum atomic E-state index is 10.6. The Labute approximate surface area is 121 Å². The number of allylic oxidation sites excluding steroid dienone is 1. The van der Waals surface area contributed by atoms with Crippen molar-refractivity contribution >= 4 is 17.3 Å². The van der Waals surface area contributed by atoms with E-state index >= 15 is 0 Å². The molecule has 0 fully saturated rings. The van der Waals surface area contributed by atoms with Crippen molar-refractivity contribution in [3.8, 4) is 11.8 Å². The number of rotatable bonds is 4. The Morgan fingerprint density at radius 3 is 2.29 bits per heavy atom. The van der Waals surface area contributed by atoms with E-state index in [1.165, 1.54) is 12.1 Å². The van der Waals surface area contributed by atoms with Crippen molar-refractivity contribution < 1.29 is 9.66 Å². The van der Waals surface area contributed by atoms with Crippen LogP contribution >= 0.6 is 0 Å². The van der Waals surface area contributed by atoms with Crippen LogP contribution in [0.3, 0.4) is 0 Å². The van der Waals surface area contributed by atoms with Gasteiger partial charge in [0.05, 0.1) is 23.7 Å². The van der Waals surface area contributed by atoms with Crippen LogP contribution in [0.15, 0.2) is 48.5 Å². The quantitative estimate of drug-likeness (QED) is 0.370. The maximum absolute atomic E-state index is 10.6. The molecule has 0 spiro atoms. The predicted octanol–water partition coefficient (Wildman–Crippen LogP) is 3.67. The van der Waals surface area contributed by atoms with Gasteiger partial charge in [0.1, 0.15) is 5.75 Å². The van der Waals surface area contributed by atoms with Gasteiger partial charge in [-0.05, 0) is 41.5 Å². The molecule has 0 atom stereocenters. The number of nitriles is 1. The summed E-state index contributed by atoms with van der Waals surface area (Å²) in [5, 5.41) is 19.9. The van der Waals surface area contributed by atoms with Crippen LogP contribution in [0.2, 0.25) is 0 Å². The molecule has 5 heteroatoms. The van der Waals surface area contributed by atoms with Crippen LogP contribution in [0.5, 0.6) is 5.75 Å². The summed E-state index contributed by atoms with van der Waals surface area (Å²) in [6.07, 6.45) is 1.72. The van der Waals surface area contributed by atoms with Crippen molar-refractivity contribution in [3.05, 3.63) is 69.8 Å². The zero-order chi connectivity index (χ0) is 15.2. The molecule has 5 nitrogen and oxygen atoms in total. The molecule has 2 aromatic rings. The third-order valence-corrected chi connectivity index (χ3v) is 2.94. The fraction of sp³-hybridized carbons (Fsp3) is 0.0625. The first kappa shape index (κ1) is 14.3. The Hall–Kier alpha value is -3.13. The summed E-state index contributed by atoms with van der Waals surface area (Å²) in [4.78, 5) is 10.1. The van der Waals surface area contributed by atoms with Crippen molar-refractivity contribution in [2.24, 2.45) is 0 Å². The van der Waals surface area contributed by atoms with E-state index in [9.17, 15) is 15.4 Å². The van der Waals surface area contributed by atoms with Crippen LogP contribution in [0.4, 0.5) is 5.69 Å². The van der Waals surface area contributed by atoms with E-state index in [0.29, 0.717) is 11.1 Å². The normalized spacial score (nSPS) is 10.8. The first-order valence-corrected chi connectivity index (χ1v) is 6.14. The topological polar surface area (TPSA) is 76.2 Å². The summed E-state index contributed by atoms with van der Waals surface area (Å²) in [5.74, 6) is 0.737. The highest BCUT2D eigenvalue weighted by atomic mass is 16.6. The van der Waals surface area contributed by atoms with E-state index in [0.717, 1.165) is 11.3 Å². The molecule has 0 bridgehead atoms. The fourth-order valence-corrected chi connectivity index (χ4v) is 1.81. The first-order chi connectivity index (χ1) is 10.1. The molecule has 2 aromatic carbocycles. The fourth-order valence-electron chi connectivity index (χ4n) is 1.81. The molecule has 0 heterocycles. The van der Waals surface area contributed by atoms with Gasteiger partial charge in [-0.1, -0.05) is 12.1 Å². The molecule has 0 unspecified atom stereocenters. The summed E-state index contributed by atoms with van der Waals surface area (Å²) in [6, 6.07) is 15.3. The predicted molar refractivity (Wildman–Crippen MR) is 79.6 cm³/mol. The summed E-state index contributed by atoms with van der Waals surface area (Å²) >= 11 is 0. The largest absolute Gasteiger partial charge is 0.497 e. The van der Waals surface area contributed by atoms with Crippen LogP contribution in [-0.4, -0.2) is 12.0 Å². The van der Waals surface area contributed by atoms with Gasteiger partial charge in [-0.3, -0.25) is 10.1 Å². The average Bonchev–Trinajstić information content (AvgIpc) is 2.53. The second-order valence-electron chi connectivity index (χ2n) is 4.25. The Balaban J connectivity index is 2.31. The minimum absolute atomic E-state index is 0.000451. The number of nitro benzene ring substituents is 1. The van der Waals surface area contributed by atoms with Gasteiger partial charge in [-0.25, -0.2) is 0 Å². The summed E-state index contributed by atoms with van der Waals surface area (Å²) < 4.78 is 5.07. The van der Waals surface area contributed by atoms with Gasteiger partial charge >= 0.3 is 0 Å². The molecule has 0 aliphatic carbocycles. The highest BCUT2D eigenvalue weighted by Gasteiger charge is 2.06. The Kier molecular flexibility index (Phi) is 4.32. The SMILES string of the molecule is COc1ccc(/C=C(/C#N)c2ccc([N+](=O)[O-])cc2)cc1. The van der Waals surface area contributed by atoms with Gasteiger partial charge in [0.2, 0.25) is 0 Å². The molecule has 0 aliphatic heterocycles. The van der Waals surface area contributed by atoms with Crippen LogP contribution in [0.1, 0.15) is 11.1 Å². The molecule has 104 valence electrons. The minimum atomic E-state index is -0.469. The monoisotopic (exact) mass is 280 g/mol. The average molecular weight is 280 g/mol. The lowest BCUT2D eigenvalue weighted by Crippen LogP contribution is -1.88. The highest BCUT2D eigenvalue weighted by molar-refractivity contribution is 5.89. The third kappa shape index (κ3) is 3.45. The van der Waals surface area contributed by atoms with E-state index in [-0.39, 0.29) is 5.69 Å². The van der Waals surface area contributed by atoms with Gasteiger partial charge < -0.3 is 4.74 Å². The molecular weight excluding hydrogens is 268 g/mol. The summed E-state index contributed by atoms with van der Waals surface area (Å²) in [7, 11) is 1.59. The van der Waals surface area contributed by atoms with Crippen LogP contribution in [-0.2, 0) is 0 Å². The minimum Gasteiger partial charge on any atom is -0.497 e. The summed E-state index contributed by atoms with van der Waals surface area (Å²) in [6.45, 7) is 0. The molecular formula is C16H12N2O3. The van der Waals surface area contributed by atoms with E-state index in [4.69, 9.17) is 4.74 Å². The van der Waals surface area contributed by atoms with Crippen LogP contribution < -0.4 is 4.74 Å². The van der Waals surface area contributed by atoms with Crippen LogP contribution in [0, 0.1) is 21.4 Å². The van der Waals surface area contributed by atoms with Crippen molar-refractivity contribution in [2.45, 2.75) is 0 Å². The number of hydrogen-bond donors (Lipinski definition) is 0.